The van der Waals surface area contributed by atoms with Crippen LogP contribution in [0, 0.1) is 5.92 Å². The molecule has 132 valence electrons. The predicted molar refractivity (Wildman–Crippen MR) is 99.6 cm³/mol. The number of amides is 1. The molecule has 0 fully saturated rings. The van der Waals surface area contributed by atoms with Gasteiger partial charge in [-0.3, -0.25) is 10.2 Å². The van der Waals surface area contributed by atoms with E-state index in [0.29, 0.717) is 23.7 Å². The molecule has 2 N–H and O–H groups in total. The number of carbonyl (C=O) groups is 1. The fourth-order valence-electron chi connectivity index (χ4n) is 2.30. The number of rotatable bonds is 7. The zero-order valence-corrected chi connectivity index (χ0v) is 14.6. The molecule has 1 unspecified atom stereocenters. The number of aliphatic hydroxyl groups excluding tert-OH is 1. The average Bonchev–Trinajstić information content (AvgIpc) is 2.62. The SMILES string of the molecule is CC(C)CCC(O)C(=NOC(=O)Nc1ccccc1)c1ccccc1. The first-order chi connectivity index (χ1) is 12.1. The van der Waals surface area contributed by atoms with Crippen molar-refractivity contribution in [2.24, 2.45) is 11.1 Å². The van der Waals surface area contributed by atoms with Crippen LogP contribution in [-0.2, 0) is 4.84 Å². The number of carbonyl (C=O) groups excluding carboxylic acids is 1. The first-order valence-electron chi connectivity index (χ1n) is 8.40. The summed E-state index contributed by atoms with van der Waals surface area (Å²) in [5, 5.41) is 17.0. The Labute approximate surface area is 148 Å². The molecule has 0 aliphatic heterocycles. The Bertz CT molecular complexity index is 685. The molecule has 0 bridgehead atoms. The van der Waals surface area contributed by atoms with Crippen molar-refractivity contribution >= 4 is 17.5 Å². The van der Waals surface area contributed by atoms with Crippen LogP contribution < -0.4 is 5.32 Å². The average molecular weight is 340 g/mol. The summed E-state index contributed by atoms with van der Waals surface area (Å²) in [7, 11) is 0. The summed E-state index contributed by atoms with van der Waals surface area (Å²) < 4.78 is 0. The molecular weight excluding hydrogens is 316 g/mol. The fraction of sp³-hybridized carbons (Fsp3) is 0.300. The van der Waals surface area contributed by atoms with E-state index in [4.69, 9.17) is 4.84 Å². The lowest BCUT2D eigenvalue weighted by atomic mass is 9.98. The van der Waals surface area contributed by atoms with Crippen molar-refractivity contribution in [3.8, 4) is 0 Å². The molecule has 2 rings (SSSR count). The van der Waals surface area contributed by atoms with E-state index in [1.807, 2.05) is 48.5 Å². The maximum atomic E-state index is 11.9. The Morgan fingerprint density at radius 2 is 1.64 bits per heavy atom. The highest BCUT2D eigenvalue weighted by atomic mass is 16.7. The normalized spacial score (nSPS) is 12.7. The van der Waals surface area contributed by atoms with Gasteiger partial charge in [0.25, 0.3) is 0 Å². The number of aliphatic hydroxyl groups is 1. The number of hydrogen-bond donors (Lipinski definition) is 2. The van der Waals surface area contributed by atoms with Crippen molar-refractivity contribution in [1.82, 2.24) is 0 Å². The molecule has 25 heavy (non-hydrogen) atoms. The molecule has 0 aliphatic carbocycles. The van der Waals surface area contributed by atoms with Crippen molar-refractivity contribution in [3.63, 3.8) is 0 Å². The second-order valence-electron chi connectivity index (χ2n) is 6.20. The van der Waals surface area contributed by atoms with Gasteiger partial charge >= 0.3 is 6.09 Å². The van der Waals surface area contributed by atoms with Crippen LogP contribution in [0.15, 0.2) is 65.8 Å². The minimum absolute atomic E-state index is 0.351. The Morgan fingerprint density at radius 3 is 2.24 bits per heavy atom. The summed E-state index contributed by atoms with van der Waals surface area (Å²) >= 11 is 0. The van der Waals surface area contributed by atoms with E-state index in [1.165, 1.54) is 0 Å². The van der Waals surface area contributed by atoms with Gasteiger partial charge in [-0.05, 0) is 30.9 Å². The molecule has 1 atom stereocenters. The van der Waals surface area contributed by atoms with Gasteiger partial charge in [-0.2, -0.15) is 0 Å². The third-order valence-electron chi connectivity index (χ3n) is 3.65. The Balaban J connectivity index is 2.08. The minimum Gasteiger partial charge on any atom is -0.387 e. The van der Waals surface area contributed by atoms with Gasteiger partial charge in [-0.15, -0.1) is 0 Å². The Hall–Kier alpha value is -2.66. The van der Waals surface area contributed by atoms with Crippen LogP contribution >= 0.6 is 0 Å². The van der Waals surface area contributed by atoms with E-state index in [-0.39, 0.29) is 0 Å². The molecule has 0 radical (unpaired) electrons. The van der Waals surface area contributed by atoms with Gasteiger partial charge in [-0.1, -0.05) is 67.5 Å². The van der Waals surface area contributed by atoms with Crippen LogP contribution in [0.2, 0.25) is 0 Å². The highest BCUT2D eigenvalue weighted by Gasteiger charge is 2.17. The maximum absolute atomic E-state index is 11.9. The molecule has 0 aliphatic rings. The summed E-state index contributed by atoms with van der Waals surface area (Å²) in [4.78, 5) is 16.9. The molecule has 0 saturated carbocycles. The van der Waals surface area contributed by atoms with E-state index < -0.39 is 12.2 Å². The lowest BCUT2D eigenvalue weighted by Gasteiger charge is -2.14. The van der Waals surface area contributed by atoms with E-state index in [2.05, 4.69) is 24.3 Å². The summed E-state index contributed by atoms with van der Waals surface area (Å²) in [5.74, 6) is 0.467. The minimum atomic E-state index is -0.797. The van der Waals surface area contributed by atoms with Crippen LogP contribution in [0.5, 0.6) is 0 Å². The summed E-state index contributed by atoms with van der Waals surface area (Å²) in [6, 6.07) is 18.2. The second kappa shape index (κ2) is 9.59. The monoisotopic (exact) mass is 340 g/mol. The zero-order chi connectivity index (χ0) is 18.1. The Kier molecular flexibility index (Phi) is 7.16. The summed E-state index contributed by atoms with van der Waals surface area (Å²) in [6.45, 7) is 4.19. The van der Waals surface area contributed by atoms with Gasteiger partial charge in [0, 0.05) is 11.3 Å². The largest absolute Gasteiger partial charge is 0.437 e. The number of hydrogen-bond acceptors (Lipinski definition) is 4. The smallest absolute Gasteiger partial charge is 0.387 e. The molecule has 5 nitrogen and oxygen atoms in total. The van der Waals surface area contributed by atoms with Gasteiger partial charge in [0.15, 0.2) is 0 Å². The number of para-hydroxylation sites is 1. The topological polar surface area (TPSA) is 70.9 Å². The third kappa shape index (κ3) is 6.39. The van der Waals surface area contributed by atoms with Gasteiger partial charge in [0.2, 0.25) is 0 Å². The predicted octanol–water partition coefficient (Wildman–Crippen LogP) is 4.44. The summed E-state index contributed by atoms with van der Waals surface area (Å²) in [5.41, 5.74) is 1.69. The fourth-order valence-corrected chi connectivity index (χ4v) is 2.30. The lowest BCUT2D eigenvalue weighted by molar-refractivity contribution is 0.161. The molecular formula is C20H24N2O3. The maximum Gasteiger partial charge on any atom is 0.437 e. The van der Waals surface area contributed by atoms with Gasteiger partial charge in [0.05, 0.1) is 6.10 Å². The van der Waals surface area contributed by atoms with Gasteiger partial charge < -0.3 is 5.11 Å². The van der Waals surface area contributed by atoms with Crippen molar-refractivity contribution in [1.29, 1.82) is 0 Å². The van der Waals surface area contributed by atoms with Gasteiger partial charge in [-0.25, -0.2) is 4.79 Å². The molecule has 1 amide bonds. The molecule has 2 aromatic carbocycles. The van der Waals surface area contributed by atoms with Gasteiger partial charge in [0.1, 0.15) is 5.71 Å². The van der Waals surface area contributed by atoms with Crippen LogP contribution in [-0.4, -0.2) is 23.0 Å². The molecule has 2 aromatic rings. The van der Waals surface area contributed by atoms with Crippen molar-refractivity contribution in [3.05, 3.63) is 66.2 Å². The third-order valence-corrected chi connectivity index (χ3v) is 3.65. The number of nitrogens with one attached hydrogen (secondary N) is 1. The lowest BCUT2D eigenvalue weighted by Crippen LogP contribution is -2.23. The number of nitrogens with zero attached hydrogens (tertiary/aromatic N) is 1. The van der Waals surface area contributed by atoms with Crippen LogP contribution in [0.4, 0.5) is 10.5 Å². The number of anilines is 1. The van der Waals surface area contributed by atoms with E-state index in [1.54, 1.807) is 12.1 Å². The molecule has 0 heterocycles. The van der Waals surface area contributed by atoms with E-state index >= 15 is 0 Å². The quantitative estimate of drug-likeness (QED) is 0.445. The Morgan fingerprint density at radius 1 is 1.04 bits per heavy atom. The highest BCUT2D eigenvalue weighted by molar-refractivity contribution is 6.03. The van der Waals surface area contributed by atoms with Crippen molar-refractivity contribution < 1.29 is 14.7 Å². The first-order valence-corrected chi connectivity index (χ1v) is 8.40. The highest BCUT2D eigenvalue weighted by Crippen LogP contribution is 2.14. The molecule has 0 spiro atoms. The molecule has 0 saturated heterocycles. The van der Waals surface area contributed by atoms with Crippen LogP contribution in [0.25, 0.3) is 0 Å². The van der Waals surface area contributed by atoms with Crippen LogP contribution in [0.1, 0.15) is 32.3 Å². The molecule has 5 heteroatoms. The van der Waals surface area contributed by atoms with E-state index in [9.17, 15) is 9.90 Å². The van der Waals surface area contributed by atoms with Crippen molar-refractivity contribution in [2.45, 2.75) is 32.8 Å². The van der Waals surface area contributed by atoms with E-state index in [0.717, 1.165) is 12.0 Å². The number of oxime groups is 1. The standard InChI is InChI=1S/C20H24N2O3/c1-15(2)13-14-18(23)19(16-9-5-3-6-10-16)22-25-20(24)21-17-11-7-4-8-12-17/h3-12,15,18,23H,13-14H2,1-2H3,(H,21,24). The zero-order valence-electron chi connectivity index (χ0n) is 14.6. The summed E-state index contributed by atoms with van der Waals surface area (Å²) in [6.07, 6.45) is -0.0943. The second-order valence-corrected chi connectivity index (χ2v) is 6.20. The first kappa shape index (κ1) is 18.7. The van der Waals surface area contributed by atoms with Crippen molar-refractivity contribution in [2.75, 3.05) is 5.32 Å². The molecule has 0 aromatic heterocycles. The van der Waals surface area contributed by atoms with Crippen LogP contribution in [0.3, 0.4) is 0 Å². The number of benzene rings is 2.